The van der Waals surface area contributed by atoms with Crippen LogP contribution in [0.5, 0.6) is 0 Å². The van der Waals surface area contributed by atoms with Gasteiger partial charge in [-0.1, -0.05) is 111 Å². The Labute approximate surface area is 214 Å². The minimum Gasteiger partial charge on any atom is -0.467 e. The van der Waals surface area contributed by atoms with Crippen molar-refractivity contribution in [2.75, 3.05) is 0 Å². The first-order valence-electron chi connectivity index (χ1n) is 12.7. The summed E-state index contributed by atoms with van der Waals surface area (Å²) in [5, 5.41) is 13.1. The molecule has 3 atom stereocenters. The molecule has 4 aromatic rings. The number of rotatable bonds is 13. The van der Waals surface area contributed by atoms with Crippen LogP contribution in [0.3, 0.4) is 0 Å². The summed E-state index contributed by atoms with van der Waals surface area (Å²) < 4.78 is 27.3. The summed E-state index contributed by atoms with van der Waals surface area (Å²) >= 11 is 0. The summed E-state index contributed by atoms with van der Waals surface area (Å²) in [5.74, 6) is 0.421. The number of ether oxygens (including phenoxy) is 1. The Hall–Kier alpha value is -2.91. The summed E-state index contributed by atoms with van der Waals surface area (Å²) in [5.41, 5.74) is 0.475. The fourth-order valence-electron chi connectivity index (χ4n) is 4.71. The summed E-state index contributed by atoms with van der Waals surface area (Å²) in [6.45, 7) is 2.63. The molecule has 0 radical (unpaired) electrons. The summed E-state index contributed by atoms with van der Waals surface area (Å²) in [4.78, 5) is 0. The van der Waals surface area contributed by atoms with Crippen molar-refractivity contribution in [2.45, 2.75) is 57.1 Å². The second-order valence-corrected chi connectivity index (χ2v) is 12.2. The van der Waals surface area contributed by atoms with E-state index in [0.29, 0.717) is 18.8 Å². The zero-order chi connectivity index (χ0) is 25.2. The van der Waals surface area contributed by atoms with E-state index >= 15 is 4.57 Å². The quantitative estimate of drug-likeness (QED) is 0.203. The van der Waals surface area contributed by atoms with Gasteiger partial charge in [0.2, 0.25) is 0 Å². The maximum Gasteiger partial charge on any atom is 0.149 e. The molecule has 0 fully saturated rings. The molecule has 188 valence electrons. The number of furan rings is 1. The van der Waals surface area contributed by atoms with E-state index in [2.05, 4.69) is 6.92 Å². The third kappa shape index (κ3) is 6.25. The van der Waals surface area contributed by atoms with Gasteiger partial charge >= 0.3 is 0 Å². The Kier molecular flexibility index (Phi) is 9.35. The molecule has 1 N–H and O–H groups in total. The first-order chi connectivity index (χ1) is 17.6. The lowest BCUT2D eigenvalue weighted by molar-refractivity contribution is 0.0167. The van der Waals surface area contributed by atoms with E-state index in [4.69, 9.17) is 9.15 Å². The van der Waals surface area contributed by atoms with Crippen LogP contribution in [0.1, 0.15) is 50.0 Å². The first kappa shape index (κ1) is 26.2. The highest BCUT2D eigenvalue weighted by Gasteiger charge is 2.43. The number of unbranched alkanes of at least 4 members (excludes halogenated alkanes) is 1. The van der Waals surface area contributed by atoms with Gasteiger partial charge < -0.3 is 18.8 Å². The lowest BCUT2D eigenvalue weighted by Crippen LogP contribution is -2.34. The molecule has 0 saturated heterocycles. The molecule has 3 aromatic carbocycles. The summed E-state index contributed by atoms with van der Waals surface area (Å²) in [6, 6.07) is 32.7. The number of hydrogen-bond acceptors (Lipinski definition) is 4. The monoisotopic (exact) mass is 502 g/mol. The third-order valence-electron chi connectivity index (χ3n) is 6.66. The fraction of sp³-hybridized carbons (Fsp3) is 0.290. The van der Waals surface area contributed by atoms with Crippen LogP contribution in [0.4, 0.5) is 0 Å². The van der Waals surface area contributed by atoms with Crippen LogP contribution in [-0.4, -0.2) is 16.9 Å². The third-order valence-corrected chi connectivity index (χ3v) is 10.2. The van der Waals surface area contributed by atoms with Gasteiger partial charge in [0.05, 0.1) is 24.6 Å². The van der Waals surface area contributed by atoms with Crippen LogP contribution in [-0.2, 0) is 15.9 Å². The smallest absolute Gasteiger partial charge is 0.149 e. The van der Waals surface area contributed by atoms with Crippen LogP contribution in [0.25, 0.3) is 0 Å². The van der Waals surface area contributed by atoms with Crippen molar-refractivity contribution in [3.05, 3.63) is 121 Å². The molecule has 4 nitrogen and oxygen atoms in total. The van der Waals surface area contributed by atoms with E-state index in [1.165, 1.54) is 0 Å². The highest BCUT2D eigenvalue weighted by atomic mass is 31.2. The van der Waals surface area contributed by atoms with E-state index < -0.39 is 18.9 Å². The molecule has 0 spiro atoms. The Bertz CT molecular complexity index is 1150. The van der Waals surface area contributed by atoms with Crippen molar-refractivity contribution in [3.8, 4) is 0 Å². The van der Waals surface area contributed by atoms with E-state index in [-0.39, 0.29) is 6.10 Å². The van der Waals surface area contributed by atoms with Crippen molar-refractivity contribution in [1.82, 2.24) is 0 Å². The topological polar surface area (TPSA) is 59.7 Å². The molecule has 1 heterocycles. The van der Waals surface area contributed by atoms with Gasteiger partial charge in [-0.25, -0.2) is 0 Å². The average Bonchev–Trinajstić information content (AvgIpc) is 3.49. The van der Waals surface area contributed by atoms with Crippen LogP contribution >= 0.6 is 7.14 Å². The summed E-state index contributed by atoms with van der Waals surface area (Å²) in [6.07, 6.45) is 3.63. The minimum atomic E-state index is -3.30. The Balaban J connectivity index is 1.75. The first-order valence-corrected chi connectivity index (χ1v) is 14.5. The van der Waals surface area contributed by atoms with Crippen LogP contribution in [0.2, 0.25) is 0 Å². The van der Waals surface area contributed by atoms with Gasteiger partial charge in [0.1, 0.15) is 19.0 Å². The second kappa shape index (κ2) is 12.9. The van der Waals surface area contributed by atoms with Gasteiger partial charge in [-0.05, 0) is 30.5 Å². The Morgan fingerprint density at radius 2 is 1.42 bits per heavy atom. The zero-order valence-electron chi connectivity index (χ0n) is 20.8. The van der Waals surface area contributed by atoms with Crippen molar-refractivity contribution in [3.63, 3.8) is 0 Å². The lowest BCUT2D eigenvalue weighted by atomic mass is 10.0. The molecule has 0 aliphatic rings. The highest BCUT2D eigenvalue weighted by Crippen LogP contribution is 2.55. The predicted molar refractivity (Wildman–Crippen MR) is 146 cm³/mol. The molecule has 1 aromatic heterocycles. The number of aliphatic hydroxyl groups excluding tert-OH is 1. The van der Waals surface area contributed by atoms with Gasteiger partial charge in [0.25, 0.3) is 0 Å². The van der Waals surface area contributed by atoms with E-state index in [1.807, 2.05) is 91.0 Å². The average molecular weight is 503 g/mol. The van der Waals surface area contributed by atoms with Crippen molar-refractivity contribution < 1.29 is 18.8 Å². The Morgan fingerprint density at radius 1 is 0.833 bits per heavy atom. The molecular formula is C31H35O4P. The van der Waals surface area contributed by atoms with Gasteiger partial charge in [0, 0.05) is 10.6 Å². The molecule has 0 unspecified atom stereocenters. The maximum atomic E-state index is 15.3. The largest absolute Gasteiger partial charge is 0.467 e. The number of aliphatic hydroxyl groups is 1. The van der Waals surface area contributed by atoms with Crippen molar-refractivity contribution >= 4 is 17.8 Å². The molecule has 36 heavy (non-hydrogen) atoms. The molecule has 0 aliphatic carbocycles. The van der Waals surface area contributed by atoms with Crippen LogP contribution in [0, 0.1) is 0 Å². The number of benzene rings is 3. The van der Waals surface area contributed by atoms with Crippen molar-refractivity contribution in [2.24, 2.45) is 0 Å². The second-order valence-electron chi connectivity index (χ2n) is 9.15. The molecular weight excluding hydrogens is 467 g/mol. The van der Waals surface area contributed by atoms with Gasteiger partial charge in [0.15, 0.2) is 0 Å². The molecule has 4 rings (SSSR count). The standard InChI is InChI=1S/C31H35O4P/c1-2-3-16-26(35-24-25-14-7-4-8-15-25)23-30(31(32)29-21-13-22-34-29)36(33,27-17-9-5-10-18-27)28-19-11-6-12-20-28/h4-15,17-22,26,30-32H,2-3,16,23-24H2,1H3/t26-,30-,31-/m1/s1. The maximum absolute atomic E-state index is 15.3. The van der Waals surface area contributed by atoms with Gasteiger partial charge in [-0.2, -0.15) is 0 Å². The van der Waals surface area contributed by atoms with E-state index in [0.717, 1.165) is 35.4 Å². The van der Waals surface area contributed by atoms with Crippen molar-refractivity contribution in [1.29, 1.82) is 0 Å². The van der Waals surface area contributed by atoms with E-state index in [1.54, 1.807) is 18.4 Å². The predicted octanol–water partition coefficient (Wildman–Crippen LogP) is 6.86. The molecule has 5 heteroatoms. The molecule has 0 bridgehead atoms. The lowest BCUT2D eigenvalue weighted by Gasteiger charge is -2.34. The van der Waals surface area contributed by atoms with Gasteiger partial charge in [-0.3, -0.25) is 0 Å². The molecule has 0 amide bonds. The summed E-state index contributed by atoms with van der Waals surface area (Å²) in [7, 11) is -3.30. The van der Waals surface area contributed by atoms with Crippen LogP contribution < -0.4 is 10.6 Å². The SMILES string of the molecule is CCCC[C@H](C[C@H]([C@H](O)c1ccco1)P(=O)(c1ccccc1)c1ccccc1)OCc1ccccc1. The fourth-order valence-corrected chi connectivity index (χ4v) is 8.09. The highest BCUT2D eigenvalue weighted by molar-refractivity contribution is 7.79. The molecule has 0 aliphatic heterocycles. The minimum absolute atomic E-state index is 0.166. The normalized spacial score (nSPS) is 14.3. The van der Waals surface area contributed by atoms with Gasteiger partial charge in [-0.15, -0.1) is 0 Å². The number of hydrogen-bond donors (Lipinski definition) is 1. The Morgan fingerprint density at radius 3 is 1.94 bits per heavy atom. The van der Waals surface area contributed by atoms with E-state index in [9.17, 15) is 5.11 Å². The van der Waals surface area contributed by atoms with Crippen LogP contribution in [0.15, 0.2) is 114 Å². The molecule has 0 saturated carbocycles. The zero-order valence-corrected chi connectivity index (χ0v) is 21.7.